The van der Waals surface area contributed by atoms with Crippen LogP contribution in [0.3, 0.4) is 0 Å². The Morgan fingerprint density at radius 2 is 1.90 bits per heavy atom. The maximum Gasteiger partial charge on any atom is 0.119 e. The van der Waals surface area contributed by atoms with Crippen molar-refractivity contribution in [1.29, 1.82) is 0 Å². The van der Waals surface area contributed by atoms with Crippen LogP contribution in [0, 0.1) is 0 Å². The van der Waals surface area contributed by atoms with Gasteiger partial charge in [0.25, 0.3) is 0 Å². The molecule has 0 amide bonds. The second kappa shape index (κ2) is 5.38. The van der Waals surface area contributed by atoms with Gasteiger partial charge in [0.2, 0.25) is 0 Å². The maximum atomic E-state index is 5.71. The predicted molar refractivity (Wildman–Crippen MR) is 83.7 cm³/mol. The van der Waals surface area contributed by atoms with Crippen LogP contribution in [0.15, 0.2) is 53.4 Å². The number of ether oxygens (including phenoxy) is 1. The lowest BCUT2D eigenvalue weighted by molar-refractivity contribution is 0.414. The van der Waals surface area contributed by atoms with Crippen LogP contribution in [0.2, 0.25) is 0 Å². The molecular formula is C16H18N2OS. The lowest BCUT2D eigenvalue weighted by Crippen LogP contribution is -1.89. The molecule has 3 rings (SSSR count). The summed E-state index contributed by atoms with van der Waals surface area (Å²) in [5.74, 6) is 0.916. The first-order chi connectivity index (χ1) is 9.69. The van der Waals surface area contributed by atoms with E-state index in [1.165, 1.54) is 10.5 Å². The summed E-state index contributed by atoms with van der Waals surface area (Å²) < 4.78 is 7.68. The van der Waals surface area contributed by atoms with E-state index in [1.807, 2.05) is 24.3 Å². The van der Waals surface area contributed by atoms with E-state index in [0.29, 0.717) is 12.1 Å². The van der Waals surface area contributed by atoms with Gasteiger partial charge in [0.15, 0.2) is 0 Å². The summed E-state index contributed by atoms with van der Waals surface area (Å²) in [7, 11) is 1.70. The second-order valence-corrected chi connectivity index (χ2v) is 6.06. The van der Waals surface area contributed by atoms with Gasteiger partial charge in [-0.1, -0.05) is 12.1 Å². The van der Waals surface area contributed by atoms with Crippen LogP contribution in [0.5, 0.6) is 5.75 Å². The normalized spacial score (nSPS) is 24.4. The van der Waals surface area contributed by atoms with Crippen molar-refractivity contribution >= 4 is 17.6 Å². The van der Waals surface area contributed by atoms with E-state index in [4.69, 9.17) is 10.5 Å². The Balaban J connectivity index is 1.72. The molecule has 2 N–H and O–H groups in total. The van der Waals surface area contributed by atoms with Gasteiger partial charge in [-0.15, -0.1) is 0 Å². The topological polar surface area (TPSA) is 38.3 Å². The minimum absolute atomic E-state index is 0.452. The quantitative estimate of drug-likeness (QED) is 0.528. The van der Waals surface area contributed by atoms with E-state index in [1.54, 1.807) is 19.1 Å². The van der Waals surface area contributed by atoms with Crippen molar-refractivity contribution in [2.24, 2.45) is 0 Å². The average molecular weight is 286 g/mol. The summed E-state index contributed by atoms with van der Waals surface area (Å²) in [5.41, 5.74) is 7.82. The smallest absolute Gasteiger partial charge is 0.119 e. The van der Waals surface area contributed by atoms with Gasteiger partial charge in [-0.05, 0) is 60.8 Å². The Morgan fingerprint density at radius 1 is 1.15 bits per heavy atom. The third-order valence-corrected chi connectivity index (χ3v) is 4.82. The van der Waals surface area contributed by atoms with E-state index in [-0.39, 0.29) is 0 Å². The van der Waals surface area contributed by atoms with Crippen molar-refractivity contribution in [2.75, 3.05) is 12.8 Å². The van der Waals surface area contributed by atoms with Gasteiger partial charge in [0.05, 0.1) is 13.2 Å². The van der Waals surface area contributed by atoms with Crippen molar-refractivity contribution in [3.8, 4) is 5.75 Å². The van der Waals surface area contributed by atoms with Gasteiger partial charge in [-0.2, -0.15) is 0 Å². The van der Waals surface area contributed by atoms with Gasteiger partial charge in [0, 0.05) is 16.6 Å². The fourth-order valence-corrected chi connectivity index (χ4v) is 3.50. The Hall–Kier alpha value is -1.65. The molecule has 0 aromatic heterocycles. The maximum absolute atomic E-state index is 5.71. The lowest BCUT2D eigenvalue weighted by Gasteiger charge is -2.05. The van der Waals surface area contributed by atoms with Crippen LogP contribution < -0.4 is 10.5 Å². The number of nitrogens with two attached hydrogens (primary N) is 1. The number of benzene rings is 2. The first-order valence-electron chi connectivity index (χ1n) is 6.65. The van der Waals surface area contributed by atoms with Crippen LogP contribution in [-0.4, -0.2) is 17.5 Å². The van der Waals surface area contributed by atoms with Crippen LogP contribution in [0.1, 0.15) is 18.5 Å². The monoisotopic (exact) mass is 286 g/mol. The number of nitrogens with zero attached hydrogens (tertiary/aromatic N) is 1. The van der Waals surface area contributed by atoms with E-state index < -0.39 is 0 Å². The van der Waals surface area contributed by atoms with Crippen LogP contribution >= 0.6 is 11.9 Å². The van der Waals surface area contributed by atoms with Gasteiger partial charge in [-0.3, -0.25) is 0 Å². The van der Waals surface area contributed by atoms with E-state index in [0.717, 1.165) is 11.4 Å². The number of methoxy groups -OCH3 is 1. The molecular weight excluding hydrogens is 268 g/mol. The minimum Gasteiger partial charge on any atom is -0.497 e. The van der Waals surface area contributed by atoms with Crippen LogP contribution in [0.4, 0.5) is 5.69 Å². The number of hydrogen-bond acceptors (Lipinski definition) is 4. The van der Waals surface area contributed by atoms with Crippen molar-refractivity contribution in [2.45, 2.75) is 23.9 Å². The molecule has 0 bridgehead atoms. The molecule has 1 heterocycles. The lowest BCUT2D eigenvalue weighted by atomic mass is 10.1. The van der Waals surface area contributed by atoms with Gasteiger partial charge in [-0.25, -0.2) is 4.31 Å². The predicted octanol–water partition coefficient (Wildman–Crippen LogP) is 3.73. The Morgan fingerprint density at radius 3 is 2.60 bits per heavy atom. The van der Waals surface area contributed by atoms with E-state index in [9.17, 15) is 0 Å². The second-order valence-electron chi connectivity index (χ2n) is 4.98. The van der Waals surface area contributed by atoms with Crippen molar-refractivity contribution in [1.82, 2.24) is 4.31 Å². The molecule has 0 saturated carbocycles. The molecule has 20 heavy (non-hydrogen) atoms. The van der Waals surface area contributed by atoms with Crippen molar-refractivity contribution in [3.05, 3.63) is 54.1 Å². The summed E-state index contributed by atoms with van der Waals surface area (Å²) in [6.45, 7) is 2.24. The summed E-state index contributed by atoms with van der Waals surface area (Å²) >= 11 is 1.78. The zero-order valence-corrected chi connectivity index (χ0v) is 12.4. The minimum atomic E-state index is 0.452. The largest absolute Gasteiger partial charge is 0.497 e. The van der Waals surface area contributed by atoms with E-state index in [2.05, 4.69) is 35.5 Å². The zero-order valence-electron chi connectivity index (χ0n) is 11.6. The summed E-state index contributed by atoms with van der Waals surface area (Å²) in [5, 5.41) is 0. The van der Waals surface area contributed by atoms with Gasteiger partial charge >= 0.3 is 0 Å². The highest BCUT2D eigenvalue weighted by molar-refractivity contribution is 7.97. The molecule has 3 nitrogen and oxygen atoms in total. The number of anilines is 1. The standard InChI is InChI=1S/C16H18N2OS/c1-11-16(12-4-3-5-14(10-12)19-2)18(11)20-15-8-6-13(17)7-9-15/h3-11,16H,17H2,1-2H3/t11?,16-,18?/m1/s1. The van der Waals surface area contributed by atoms with E-state index >= 15 is 0 Å². The van der Waals surface area contributed by atoms with Gasteiger partial charge < -0.3 is 10.5 Å². The molecule has 2 aromatic carbocycles. The van der Waals surface area contributed by atoms with Crippen LogP contribution in [-0.2, 0) is 0 Å². The molecule has 0 aliphatic carbocycles. The summed E-state index contributed by atoms with van der Waals surface area (Å²) in [6.07, 6.45) is 0. The highest BCUT2D eigenvalue weighted by Crippen LogP contribution is 2.50. The first-order valence-corrected chi connectivity index (χ1v) is 7.42. The third-order valence-electron chi connectivity index (χ3n) is 3.57. The fourth-order valence-electron chi connectivity index (χ4n) is 2.36. The summed E-state index contributed by atoms with van der Waals surface area (Å²) in [6, 6.07) is 17.3. The average Bonchev–Trinajstić information content (AvgIpc) is 3.11. The van der Waals surface area contributed by atoms with Crippen LogP contribution in [0.25, 0.3) is 0 Å². The highest BCUT2D eigenvalue weighted by atomic mass is 32.2. The first kappa shape index (κ1) is 13.3. The number of rotatable bonds is 4. The fraction of sp³-hybridized carbons (Fsp3) is 0.250. The Bertz CT molecular complexity index is 600. The Labute approximate surface area is 123 Å². The molecule has 1 aliphatic heterocycles. The molecule has 2 unspecified atom stereocenters. The SMILES string of the molecule is COc1cccc([C@H]2C(C)N2Sc2ccc(N)cc2)c1. The summed E-state index contributed by atoms with van der Waals surface area (Å²) in [4.78, 5) is 1.22. The zero-order chi connectivity index (χ0) is 14.1. The Kier molecular flexibility index (Phi) is 3.59. The molecule has 104 valence electrons. The highest BCUT2D eigenvalue weighted by Gasteiger charge is 2.46. The van der Waals surface area contributed by atoms with Crippen molar-refractivity contribution in [3.63, 3.8) is 0 Å². The molecule has 1 saturated heterocycles. The molecule has 3 atom stereocenters. The molecule has 1 fully saturated rings. The number of nitrogen functional groups attached to an aromatic ring is 1. The van der Waals surface area contributed by atoms with Gasteiger partial charge in [0.1, 0.15) is 5.75 Å². The molecule has 4 heteroatoms. The molecule has 0 radical (unpaired) electrons. The third kappa shape index (κ3) is 2.62. The number of hydrogen-bond donors (Lipinski definition) is 1. The molecule has 2 aromatic rings. The van der Waals surface area contributed by atoms with Crippen molar-refractivity contribution < 1.29 is 4.74 Å². The molecule has 1 aliphatic rings. The molecule has 0 spiro atoms.